The number of aryl methyl sites for hydroxylation is 1. The molecule has 0 aromatic heterocycles. The van der Waals surface area contributed by atoms with Gasteiger partial charge in [0.1, 0.15) is 0 Å². The third kappa shape index (κ3) is 3.46. The Hall–Kier alpha value is -1.11. The SMILES string of the molecule is CCCN(CCO)S(=O)(=O)c1cc(C)cc(N)c1C. The smallest absolute Gasteiger partial charge is 0.243 e. The molecular weight excluding hydrogens is 264 g/mol. The number of hydrogen-bond acceptors (Lipinski definition) is 4. The van der Waals surface area contributed by atoms with Gasteiger partial charge in [-0.1, -0.05) is 6.92 Å². The van der Waals surface area contributed by atoms with Crippen LogP contribution in [-0.4, -0.2) is 37.5 Å². The highest BCUT2D eigenvalue weighted by Crippen LogP contribution is 2.25. The van der Waals surface area contributed by atoms with E-state index in [1.807, 2.05) is 13.8 Å². The van der Waals surface area contributed by atoms with Crippen LogP contribution in [0.25, 0.3) is 0 Å². The maximum absolute atomic E-state index is 12.6. The Morgan fingerprint density at radius 2 is 1.89 bits per heavy atom. The molecule has 0 radical (unpaired) electrons. The Kier molecular flexibility index (Phi) is 5.34. The topological polar surface area (TPSA) is 83.6 Å². The standard InChI is InChI=1S/C13H22N2O3S/c1-4-5-15(6-7-16)19(17,18)13-9-10(2)8-12(14)11(13)3/h8-9,16H,4-7,14H2,1-3H3. The molecule has 0 saturated carbocycles. The van der Waals surface area contributed by atoms with Crippen molar-refractivity contribution in [3.05, 3.63) is 23.3 Å². The van der Waals surface area contributed by atoms with Gasteiger partial charge >= 0.3 is 0 Å². The Bertz CT molecular complexity index is 535. The lowest BCUT2D eigenvalue weighted by atomic mass is 10.1. The quantitative estimate of drug-likeness (QED) is 0.772. The van der Waals surface area contributed by atoms with Crippen LogP contribution in [0.3, 0.4) is 0 Å². The Balaban J connectivity index is 3.32. The van der Waals surface area contributed by atoms with E-state index >= 15 is 0 Å². The molecule has 3 N–H and O–H groups in total. The van der Waals surface area contributed by atoms with E-state index in [-0.39, 0.29) is 18.0 Å². The third-order valence-electron chi connectivity index (χ3n) is 2.98. The first-order valence-electron chi connectivity index (χ1n) is 6.32. The van der Waals surface area contributed by atoms with Gasteiger partial charge in [-0.15, -0.1) is 0 Å². The summed E-state index contributed by atoms with van der Waals surface area (Å²) >= 11 is 0. The molecule has 0 unspecified atom stereocenters. The van der Waals surface area contributed by atoms with Gasteiger partial charge in [-0.05, 0) is 43.5 Å². The van der Waals surface area contributed by atoms with Crippen LogP contribution in [-0.2, 0) is 10.0 Å². The molecule has 0 atom stereocenters. The second-order valence-corrected chi connectivity index (χ2v) is 6.51. The zero-order chi connectivity index (χ0) is 14.6. The molecule has 0 heterocycles. The lowest BCUT2D eigenvalue weighted by Crippen LogP contribution is -2.34. The highest BCUT2D eigenvalue weighted by atomic mass is 32.2. The van der Waals surface area contributed by atoms with Crippen LogP contribution in [0.1, 0.15) is 24.5 Å². The van der Waals surface area contributed by atoms with Gasteiger partial charge in [-0.2, -0.15) is 4.31 Å². The van der Waals surface area contributed by atoms with Crippen LogP contribution in [0.2, 0.25) is 0 Å². The van der Waals surface area contributed by atoms with Crippen LogP contribution in [0.15, 0.2) is 17.0 Å². The molecule has 19 heavy (non-hydrogen) atoms. The van der Waals surface area contributed by atoms with Crippen LogP contribution in [0.5, 0.6) is 0 Å². The molecular formula is C13H22N2O3S. The second kappa shape index (κ2) is 6.36. The number of hydrogen-bond donors (Lipinski definition) is 2. The molecule has 0 aliphatic heterocycles. The predicted octanol–water partition coefficient (Wildman–Crippen LogP) is 1.28. The Labute approximate surface area is 115 Å². The van der Waals surface area contributed by atoms with Gasteiger partial charge < -0.3 is 10.8 Å². The predicted molar refractivity (Wildman–Crippen MR) is 76.5 cm³/mol. The first kappa shape index (κ1) is 15.9. The van der Waals surface area contributed by atoms with Crippen LogP contribution < -0.4 is 5.73 Å². The lowest BCUT2D eigenvalue weighted by Gasteiger charge is -2.22. The Morgan fingerprint density at radius 1 is 1.26 bits per heavy atom. The molecule has 6 heteroatoms. The number of rotatable bonds is 6. The van der Waals surface area contributed by atoms with Gasteiger partial charge in [0.05, 0.1) is 11.5 Å². The fourth-order valence-corrected chi connectivity index (χ4v) is 3.84. The van der Waals surface area contributed by atoms with E-state index in [1.165, 1.54) is 4.31 Å². The summed E-state index contributed by atoms with van der Waals surface area (Å²) in [4.78, 5) is 0.229. The van der Waals surface area contributed by atoms with Crippen LogP contribution >= 0.6 is 0 Å². The monoisotopic (exact) mass is 286 g/mol. The average Bonchev–Trinajstić information content (AvgIpc) is 2.33. The van der Waals surface area contributed by atoms with Gasteiger partial charge in [0.2, 0.25) is 10.0 Å². The Morgan fingerprint density at radius 3 is 2.42 bits per heavy atom. The number of benzene rings is 1. The molecule has 0 aliphatic carbocycles. The number of aliphatic hydroxyl groups excluding tert-OH is 1. The number of anilines is 1. The van der Waals surface area contributed by atoms with Crippen molar-refractivity contribution in [2.45, 2.75) is 32.1 Å². The summed E-state index contributed by atoms with van der Waals surface area (Å²) in [5.41, 5.74) is 7.67. The minimum Gasteiger partial charge on any atom is -0.398 e. The number of nitrogens with zero attached hydrogens (tertiary/aromatic N) is 1. The average molecular weight is 286 g/mol. The van der Waals surface area contributed by atoms with E-state index in [2.05, 4.69) is 0 Å². The largest absolute Gasteiger partial charge is 0.398 e. The molecule has 0 saturated heterocycles. The van der Waals surface area contributed by atoms with E-state index in [9.17, 15) is 8.42 Å². The molecule has 5 nitrogen and oxygen atoms in total. The van der Waals surface area contributed by atoms with E-state index in [0.29, 0.717) is 24.2 Å². The zero-order valence-electron chi connectivity index (χ0n) is 11.7. The first-order chi connectivity index (χ1) is 8.84. The van der Waals surface area contributed by atoms with E-state index in [4.69, 9.17) is 10.8 Å². The summed E-state index contributed by atoms with van der Waals surface area (Å²) in [7, 11) is -3.61. The summed E-state index contributed by atoms with van der Waals surface area (Å²) in [5.74, 6) is 0. The lowest BCUT2D eigenvalue weighted by molar-refractivity contribution is 0.253. The molecule has 0 fully saturated rings. The zero-order valence-corrected chi connectivity index (χ0v) is 12.5. The van der Waals surface area contributed by atoms with Gasteiger partial charge in [0.25, 0.3) is 0 Å². The molecule has 108 valence electrons. The van der Waals surface area contributed by atoms with Crippen molar-refractivity contribution in [3.8, 4) is 0 Å². The minimum absolute atomic E-state index is 0.101. The normalized spacial score (nSPS) is 12.1. The van der Waals surface area contributed by atoms with Crippen molar-refractivity contribution < 1.29 is 13.5 Å². The molecule has 0 aliphatic rings. The van der Waals surface area contributed by atoms with Crippen molar-refractivity contribution in [1.82, 2.24) is 4.31 Å². The molecule has 0 bridgehead atoms. The van der Waals surface area contributed by atoms with Gasteiger partial charge in [-0.25, -0.2) is 8.42 Å². The third-order valence-corrected chi connectivity index (χ3v) is 5.01. The highest BCUT2D eigenvalue weighted by Gasteiger charge is 2.26. The summed E-state index contributed by atoms with van der Waals surface area (Å²) in [6.07, 6.45) is 0.694. The maximum Gasteiger partial charge on any atom is 0.243 e. The molecule has 1 rings (SSSR count). The summed E-state index contributed by atoms with van der Waals surface area (Å²) < 4.78 is 26.5. The number of aliphatic hydroxyl groups is 1. The van der Waals surface area contributed by atoms with Crippen LogP contribution in [0.4, 0.5) is 5.69 Å². The van der Waals surface area contributed by atoms with E-state index in [0.717, 1.165) is 5.56 Å². The molecule has 0 spiro atoms. The van der Waals surface area contributed by atoms with Crippen molar-refractivity contribution >= 4 is 15.7 Å². The molecule has 1 aromatic rings. The van der Waals surface area contributed by atoms with Crippen molar-refractivity contribution in [1.29, 1.82) is 0 Å². The fraction of sp³-hybridized carbons (Fsp3) is 0.538. The summed E-state index contributed by atoms with van der Waals surface area (Å²) in [6.45, 7) is 5.70. The number of sulfonamides is 1. The van der Waals surface area contributed by atoms with E-state index in [1.54, 1.807) is 19.1 Å². The van der Waals surface area contributed by atoms with Crippen molar-refractivity contribution in [3.63, 3.8) is 0 Å². The fourth-order valence-electron chi connectivity index (χ4n) is 1.97. The van der Waals surface area contributed by atoms with Gasteiger partial charge in [0.15, 0.2) is 0 Å². The first-order valence-corrected chi connectivity index (χ1v) is 7.76. The van der Waals surface area contributed by atoms with E-state index < -0.39 is 10.0 Å². The van der Waals surface area contributed by atoms with Crippen LogP contribution in [0, 0.1) is 13.8 Å². The molecule has 0 amide bonds. The number of nitrogen functional groups attached to an aromatic ring is 1. The van der Waals surface area contributed by atoms with Crippen molar-refractivity contribution in [2.24, 2.45) is 0 Å². The number of nitrogens with two attached hydrogens (primary N) is 1. The summed E-state index contributed by atoms with van der Waals surface area (Å²) in [5, 5.41) is 9.02. The second-order valence-electron chi connectivity index (χ2n) is 4.60. The summed E-state index contributed by atoms with van der Waals surface area (Å²) in [6, 6.07) is 3.38. The minimum atomic E-state index is -3.61. The highest BCUT2D eigenvalue weighted by molar-refractivity contribution is 7.89. The van der Waals surface area contributed by atoms with Gasteiger partial charge in [-0.3, -0.25) is 0 Å². The maximum atomic E-state index is 12.6. The van der Waals surface area contributed by atoms with Gasteiger partial charge in [0, 0.05) is 18.8 Å². The molecule has 1 aromatic carbocycles. The van der Waals surface area contributed by atoms with Crippen molar-refractivity contribution in [2.75, 3.05) is 25.4 Å².